The van der Waals surface area contributed by atoms with Crippen molar-refractivity contribution < 1.29 is 16.8 Å². The van der Waals surface area contributed by atoms with E-state index >= 15 is 0 Å². The molecule has 0 N–H and O–H groups in total. The second-order valence-electron chi connectivity index (χ2n) is 9.56. The SMILES string of the molecule is CCC1=CC[N-]C=C1.CCC1CC[N-]CC1.CCC1CC[N-]CC1.CCC1CC[N-]CC1.N#C[S-].N#C[S-].[Co]. The summed E-state index contributed by atoms with van der Waals surface area (Å²) < 4.78 is 0. The van der Waals surface area contributed by atoms with Gasteiger partial charge in [0, 0.05) is 16.8 Å². The van der Waals surface area contributed by atoms with E-state index in [4.69, 9.17) is 10.5 Å². The minimum Gasteiger partial charge on any atom is -0.696 e. The molecule has 1 radical (unpaired) electrons. The zero-order valence-electron chi connectivity index (χ0n) is 24.8. The second kappa shape index (κ2) is 35.1. The van der Waals surface area contributed by atoms with E-state index in [2.05, 4.69) is 86.4 Å². The van der Waals surface area contributed by atoms with E-state index < -0.39 is 0 Å². The van der Waals surface area contributed by atoms with Crippen LogP contribution in [0.25, 0.3) is 21.3 Å². The van der Waals surface area contributed by atoms with Gasteiger partial charge in [0.05, 0.1) is 0 Å². The molecule has 6 nitrogen and oxygen atoms in total. The third-order valence-corrected chi connectivity index (χ3v) is 7.17. The molecular formula is C30H52CoN6S2-6. The van der Waals surface area contributed by atoms with Crippen molar-refractivity contribution in [2.45, 2.75) is 91.9 Å². The van der Waals surface area contributed by atoms with Crippen LogP contribution in [0, 0.1) is 39.1 Å². The molecule has 229 valence electrons. The Kier molecular flexibility index (Phi) is 38.3. The summed E-state index contributed by atoms with van der Waals surface area (Å²) in [6.45, 7) is 16.6. The van der Waals surface area contributed by atoms with E-state index in [0.29, 0.717) is 0 Å². The third kappa shape index (κ3) is 29.9. The van der Waals surface area contributed by atoms with E-state index in [9.17, 15) is 0 Å². The van der Waals surface area contributed by atoms with Crippen molar-refractivity contribution in [3.8, 4) is 10.8 Å². The summed E-state index contributed by atoms with van der Waals surface area (Å²) in [4.78, 5) is 0. The Morgan fingerprint density at radius 1 is 0.692 bits per heavy atom. The largest absolute Gasteiger partial charge is 0.696 e. The average Bonchev–Trinajstić information content (AvgIpc) is 3.00. The molecule has 0 amide bonds. The topological polar surface area (TPSA) is 104 Å². The van der Waals surface area contributed by atoms with Gasteiger partial charge in [0.2, 0.25) is 0 Å². The van der Waals surface area contributed by atoms with E-state index in [1.54, 1.807) is 0 Å². The summed E-state index contributed by atoms with van der Waals surface area (Å²) in [6.07, 6.45) is 19.3. The summed E-state index contributed by atoms with van der Waals surface area (Å²) in [6, 6.07) is 0. The van der Waals surface area contributed by atoms with Crippen molar-refractivity contribution in [1.82, 2.24) is 0 Å². The summed E-state index contributed by atoms with van der Waals surface area (Å²) in [5.74, 6) is 2.98. The minimum absolute atomic E-state index is 0. The van der Waals surface area contributed by atoms with E-state index in [0.717, 1.165) is 70.0 Å². The van der Waals surface area contributed by atoms with Gasteiger partial charge in [-0.1, -0.05) is 114 Å². The predicted molar refractivity (Wildman–Crippen MR) is 170 cm³/mol. The Morgan fingerprint density at radius 2 is 1.00 bits per heavy atom. The monoisotopic (exact) mass is 619 g/mol. The van der Waals surface area contributed by atoms with Crippen molar-refractivity contribution in [1.29, 1.82) is 10.5 Å². The van der Waals surface area contributed by atoms with Crippen molar-refractivity contribution in [2.24, 2.45) is 17.8 Å². The van der Waals surface area contributed by atoms with E-state index in [1.165, 1.54) is 74.2 Å². The fourth-order valence-corrected chi connectivity index (χ4v) is 4.35. The zero-order valence-corrected chi connectivity index (χ0v) is 27.5. The van der Waals surface area contributed by atoms with Gasteiger partial charge in [-0.25, -0.2) is 10.5 Å². The van der Waals surface area contributed by atoms with Crippen LogP contribution < -0.4 is 0 Å². The summed E-state index contributed by atoms with van der Waals surface area (Å²) in [5, 5.41) is 33.8. The molecule has 0 spiro atoms. The van der Waals surface area contributed by atoms with Crippen molar-refractivity contribution in [3.05, 3.63) is 45.2 Å². The van der Waals surface area contributed by atoms with Crippen LogP contribution >= 0.6 is 0 Å². The number of nitriles is 2. The molecular weight excluding hydrogens is 567 g/mol. The molecule has 4 heterocycles. The van der Waals surface area contributed by atoms with Gasteiger partial charge in [-0.2, -0.15) is 6.20 Å². The van der Waals surface area contributed by atoms with Gasteiger partial charge in [-0.05, 0) is 24.2 Å². The minimum atomic E-state index is 0. The molecule has 3 fully saturated rings. The molecule has 0 aliphatic carbocycles. The number of nitrogens with zero attached hydrogens (tertiary/aromatic N) is 6. The van der Waals surface area contributed by atoms with Crippen LogP contribution in [0.5, 0.6) is 0 Å². The summed E-state index contributed by atoms with van der Waals surface area (Å²) in [5.41, 5.74) is 1.40. The first-order chi connectivity index (χ1) is 18.6. The maximum absolute atomic E-state index is 7.13. The van der Waals surface area contributed by atoms with Crippen molar-refractivity contribution >= 4 is 25.3 Å². The zero-order chi connectivity index (χ0) is 28.7. The molecule has 0 aromatic rings. The molecule has 9 heteroatoms. The maximum Gasteiger partial charge on any atom is 0 e. The number of hydrogen-bond donors (Lipinski definition) is 0. The van der Waals surface area contributed by atoms with Crippen LogP contribution in [0.1, 0.15) is 91.9 Å². The molecule has 0 bridgehead atoms. The molecule has 0 atom stereocenters. The van der Waals surface area contributed by atoms with Crippen LogP contribution in [-0.4, -0.2) is 45.8 Å². The Bertz CT molecular complexity index is 576. The van der Waals surface area contributed by atoms with Crippen LogP contribution in [-0.2, 0) is 42.0 Å². The Balaban J connectivity index is -0.000000412. The fourth-order valence-electron chi connectivity index (χ4n) is 4.35. The van der Waals surface area contributed by atoms with Gasteiger partial charge in [0.25, 0.3) is 0 Å². The van der Waals surface area contributed by atoms with Crippen LogP contribution in [0.3, 0.4) is 0 Å². The summed E-state index contributed by atoms with van der Waals surface area (Å²) in [7, 11) is 0. The van der Waals surface area contributed by atoms with Crippen molar-refractivity contribution in [3.63, 3.8) is 0 Å². The van der Waals surface area contributed by atoms with Gasteiger partial charge >= 0.3 is 0 Å². The van der Waals surface area contributed by atoms with Crippen molar-refractivity contribution in [2.75, 3.05) is 45.8 Å². The molecule has 0 aromatic heterocycles. The molecule has 0 unspecified atom stereocenters. The Hall–Kier alpha value is -0.914. The van der Waals surface area contributed by atoms with Gasteiger partial charge in [-0.3, -0.25) is 0 Å². The molecule has 0 saturated carbocycles. The third-order valence-electron chi connectivity index (χ3n) is 7.17. The first kappa shape index (κ1) is 42.6. The number of thiocyanates is 2. The van der Waals surface area contributed by atoms with E-state index in [-0.39, 0.29) is 16.8 Å². The standard InChI is InChI=1S/3C7H14N.C7H10N.2CHNS.Co/c4*1-2-7-3-5-8-6-4-7;2*2-1-3;/h3*7H,2-6H2,1H3;3-5H,2,6H2,1H3;2*3H;/q4*-1;;;/p-2. The summed E-state index contributed by atoms with van der Waals surface area (Å²) >= 11 is 7.40. The average molecular weight is 620 g/mol. The molecule has 4 aliphatic heterocycles. The first-order valence-corrected chi connectivity index (χ1v) is 15.3. The molecule has 3 saturated heterocycles. The molecule has 0 aromatic carbocycles. The molecule has 4 rings (SSSR count). The number of piperidine rings is 3. The first-order valence-electron chi connectivity index (χ1n) is 14.5. The normalized spacial score (nSPS) is 18.5. The van der Waals surface area contributed by atoms with Crippen LogP contribution in [0.2, 0.25) is 0 Å². The Labute approximate surface area is 263 Å². The van der Waals surface area contributed by atoms with Gasteiger partial charge in [0.1, 0.15) is 0 Å². The van der Waals surface area contributed by atoms with Gasteiger partial charge in [0.15, 0.2) is 0 Å². The van der Waals surface area contributed by atoms with Gasteiger partial charge in [-0.15, -0.1) is 45.8 Å². The van der Waals surface area contributed by atoms with E-state index in [1.807, 2.05) is 6.20 Å². The number of allylic oxidation sites excluding steroid dienone is 2. The predicted octanol–water partition coefficient (Wildman–Crippen LogP) is 8.79. The molecule has 39 heavy (non-hydrogen) atoms. The van der Waals surface area contributed by atoms with Crippen LogP contribution in [0.15, 0.2) is 23.9 Å². The van der Waals surface area contributed by atoms with Gasteiger partial charge < -0.3 is 46.5 Å². The smallest absolute Gasteiger partial charge is 0 e. The number of hydrogen-bond acceptors (Lipinski definition) is 4. The number of rotatable bonds is 4. The van der Waals surface area contributed by atoms with Crippen LogP contribution in [0.4, 0.5) is 0 Å². The fraction of sp³-hybridized carbons (Fsp3) is 0.800. The Morgan fingerprint density at radius 3 is 1.15 bits per heavy atom. The molecule has 4 aliphatic rings. The second-order valence-corrected chi connectivity index (χ2v) is 9.93. The quantitative estimate of drug-likeness (QED) is 0.232. The maximum atomic E-state index is 7.13.